The SMILES string of the molecule is COc1cccc([C@@H]2C(=C(O)c3ccc(F)cc3)C(=O)C(=O)N2CC[NH+](C)C)c1. The predicted molar refractivity (Wildman–Crippen MR) is 106 cm³/mol. The third-order valence-electron chi connectivity index (χ3n) is 4.92. The van der Waals surface area contributed by atoms with Gasteiger partial charge < -0.3 is 19.6 Å². The summed E-state index contributed by atoms with van der Waals surface area (Å²) in [4.78, 5) is 28.2. The van der Waals surface area contributed by atoms with Crippen molar-refractivity contribution in [1.82, 2.24) is 4.90 Å². The summed E-state index contributed by atoms with van der Waals surface area (Å²) in [7, 11) is 5.44. The number of hydrogen-bond acceptors (Lipinski definition) is 4. The average molecular weight is 399 g/mol. The van der Waals surface area contributed by atoms with E-state index in [0.717, 1.165) is 4.90 Å². The molecule has 1 atom stereocenters. The van der Waals surface area contributed by atoms with Crippen LogP contribution in [0.2, 0.25) is 0 Å². The summed E-state index contributed by atoms with van der Waals surface area (Å²) >= 11 is 0. The minimum absolute atomic E-state index is 0.0105. The standard InChI is InChI=1S/C22H23FN2O4/c1-24(2)11-12-25-19(15-5-4-6-17(13-15)29-3)18(21(27)22(25)28)20(26)14-7-9-16(23)10-8-14/h4-10,13,19,26H,11-12H2,1-3H3/p+1/t19-/m1/s1. The van der Waals surface area contributed by atoms with E-state index in [-0.39, 0.29) is 16.9 Å². The molecule has 29 heavy (non-hydrogen) atoms. The first-order chi connectivity index (χ1) is 13.8. The Balaban J connectivity index is 2.15. The third-order valence-corrected chi connectivity index (χ3v) is 4.92. The van der Waals surface area contributed by atoms with Crippen LogP contribution < -0.4 is 9.64 Å². The Morgan fingerprint density at radius 3 is 2.48 bits per heavy atom. The molecule has 7 heteroatoms. The van der Waals surface area contributed by atoms with Crippen molar-refractivity contribution in [2.45, 2.75) is 6.04 Å². The van der Waals surface area contributed by atoms with Crippen molar-refractivity contribution in [2.24, 2.45) is 0 Å². The average Bonchev–Trinajstić information content (AvgIpc) is 2.97. The fourth-order valence-electron chi connectivity index (χ4n) is 3.38. The van der Waals surface area contributed by atoms with Gasteiger partial charge in [0.05, 0.1) is 45.9 Å². The molecule has 6 nitrogen and oxygen atoms in total. The largest absolute Gasteiger partial charge is 0.507 e. The van der Waals surface area contributed by atoms with Gasteiger partial charge in [0, 0.05) is 5.56 Å². The summed E-state index contributed by atoms with van der Waals surface area (Å²) in [6, 6.07) is 11.5. The molecule has 1 amide bonds. The highest BCUT2D eigenvalue weighted by molar-refractivity contribution is 6.46. The minimum atomic E-state index is -0.756. The van der Waals surface area contributed by atoms with Gasteiger partial charge in [-0.15, -0.1) is 0 Å². The monoisotopic (exact) mass is 399 g/mol. The molecule has 0 radical (unpaired) electrons. The summed E-state index contributed by atoms with van der Waals surface area (Å²) < 4.78 is 18.6. The molecule has 2 aromatic carbocycles. The molecule has 1 aliphatic rings. The Labute approximate surface area is 168 Å². The van der Waals surface area contributed by atoms with Crippen LogP contribution in [0.4, 0.5) is 4.39 Å². The van der Waals surface area contributed by atoms with Gasteiger partial charge in [-0.25, -0.2) is 4.39 Å². The zero-order chi connectivity index (χ0) is 21.1. The number of likely N-dealkylation sites (N-methyl/N-ethyl adjacent to an activating group) is 1. The van der Waals surface area contributed by atoms with Crippen molar-refractivity contribution in [3.63, 3.8) is 0 Å². The number of carbonyl (C=O) groups excluding carboxylic acids is 2. The number of ether oxygens (including phenoxy) is 1. The van der Waals surface area contributed by atoms with Gasteiger partial charge in [0.1, 0.15) is 17.3 Å². The molecule has 0 bridgehead atoms. The van der Waals surface area contributed by atoms with Crippen molar-refractivity contribution < 1.29 is 28.7 Å². The van der Waals surface area contributed by atoms with Crippen molar-refractivity contribution in [3.05, 3.63) is 71.0 Å². The van der Waals surface area contributed by atoms with E-state index in [9.17, 15) is 19.1 Å². The van der Waals surface area contributed by atoms with Gasteiger partial charge in [-0.1, -0.05) is 12.1 Å². The van der Waals surface area contributed by atoms with E-state index in [1.54, 1.807) is 24.3 Å². The number of halogens is 1. The molecular formula is C22H24FN2O4+. The summed E-state index contributed by atoms with van der Waals surface area (Å²) in [5, 5.41) is 10.9. The number of nitrogens with zero attached hydrogens (tertiary/aromatic N) is 1. The fourth-order valence-corrected chi connectivity index (χ4v) is 3.38. The Morgan fingerprint density at radius 2 is 1.86 bits per heavy atom. The molecule has 1 saturated heterocycles. The van der Waals surface area contributed by atoms with E-state index in [1.165, 1.54) is 36.3 Å². The molecule has 0 spiro atoms. The minimum Gasteiger partial charge on any atom is -0.507 e. The number of quaternary nitrogens is 1. The number of nitrogens with one attached hydrogen (secondary N) is 1. The Morgan fingerprint density at radius 1 is 1.17 bits per heavy atom. The van der Waals surface area contributed by atoms with Gasteiger partial charge in [-0.05, 0) is 42.0 Å². The lowest BCUT2D eigenvalue weighted by atomic mass is 9.95. The van der Waals surface area contributed by atoms with Crippen molar-refractivity contribution >= 4 is 17.4 Å². The number of rotatable bonds is 6. The second kappa shape index (κ2) is 8.45. The van der Waals surface area contributed by atoms with Crippen LogP contribution >= 0.6 is 0 Å². The van der Waals surface area contributed by atoms with Crippen molar-refractivity contribution in [3.8, 4) is 5.75 Å². The smallest absolute Gasteiger partial charge is 0.295 e. The summed E-state index contributed by atoms with van der Waals surface area (Å²) in [5.74, 6) is -1.62. The molecule has 1 aliphatic heterocycles. The highest BCUT2D eigenvalue weighted by atomic mass is 19.1. The lowest BCUT2D eigenvalue weighted by Gasteiger charge is -2.26. The maximum atomic E-state index is 13.3. The number of aliphatic hydroxyl groups is 1. The molecule has 0 aliphatic carbocycles. The predicted octanol–water partition coefficient (Wildman–Crippen LogP) is 1.40. The Kier molecular flexibility index (Phi) is 5.98. The molecule has 2 N–H and O–H groups in total. The number of likely N-dealkylation sites (tertiary alicyclic amines) is 1. The van der Waals surface area contributed by atoms with Gasteiger partial charge >= 0.3 is 0 Å². The Hall–Kier alpha value is -3.19. The van der Waals surface area contributed by atoms with Crippen LogP contribution in [0.1, 0.15) is 17.2 Å². The molecule has 0 unspecified atom stereocenters. The van der Waals surface area contributed by atoms with Crippen LogP contribution in [-0.4, -0.2) is 56.0 Å². The number of benzene rings is 2. The van der Waals surface area contributed by atoms with Gasteiger partial charge in [0.25, 0.3) is 11.7 Å². The first-order valence-corrected chi connectivity index (χ1v) is 9.30. The zero-order valence-corrected chi connectivity index (χ0v) is 16.6. The van der Waals surface area contributed by atoms with E-state index >= 15 is 0 Å². The van der Waals surface area contributed by atoms with E-state index in [2.05, 4.69) is 0 Å². The van der Waals surface area contributed by atoms with Crippen LogP contribution in [0.3, 0.4) is 0 Å². The molecular weight excluding hydrogens is 375 g/mol. The lowest BCUT2D eigenvalue weighted by molar-refractivity contribution is -0.857. The van der Waals surface area contributed by atoms with Crippen molar-refractivity contribution in [1.29, 1.82) is 0 Å². The highest BCUT2D eigenvalue weighted by Crippen LogP contribution is 2.39. The molecule has 3 rings (SSSR count). The van der Waals surface area contributed by atoms with E-state index in [0.29, 0.717) is 24.4 Å². The summed E-state index contributed by atoms with van der Waals surface area (Å²) in [6.45, 7) is 0.971. The maximum absolute atomic E-state index is 13.3. The summed E-state index contributed by atoms with van der Waals surface area (Å²) in [6.07, 6.45) is 0. The Bertz CT molecular complexity index is 954. The number of aliphatic hydroxyl groups excluding tert-OH is 1. The van der Waals surface area contributed by atoms with Crippen molar-refractivity contribution in [2.75, 3.05) is 34.3 Å². The van der Waals surface area contributed by atoms with E-state index in [1.807, 2.05) is 14.1 Å². The maximum Gasteiger partial charge on any atom is 0.295 e. The number of Topliss-reactive ketones (excluding diaryl/α,β-unsaturated/α-hetero) is 1. The summed E-state index contributed by atoms with van der Waals surface area (Å²) in [5.41, 5.74) is 0.917. The topological polar surface area (TPSA) is 71.3 Å². The number of hydrogen-bond donors (Lipinski definition) is 2. The number of methoxy groups -OCH3 is 1. The van der Waals surface area contributed by atoms with Gasteiger partial charge in [-0.3, -0.25) is 9.59 Å². The first kappa shape index (κ1) is 20.5. The van der Waals surface area contributed by atoms with E-state index in [4.69, 9.17) is 4.74 Å². The van der Waals surface area contributed by atoms with Crippen LogP contribution in [0, 0.1) is 5.82 Å². The quantitative estimate of drug-likeness (QED) is 0.438. The normalized spacial score (nSPS) is 18.5. The van der Waals surface area contributed by atoms with Gasteiger partial charge in [-0.2, -0.15) is 0 Å². The molecule has 0 aromatic heterocycles. The second-order valence-corrected chi connectivity index (χ2v) is 7.23. The second-order valence-electron chi connectivity index (χ2n) is 7.23. The lowest BCUT2D eigenvalue weighted by Crippen LogP contribution is -3.06. The third kappa shape index (κ3) is 4.14. The van der Waals surface area contributed by atoms with Crippen LogP contribution in [0.5, 0.6) is 5.75 Å². The van der Waals surface area contributed by atoms with Crippen LogP contribution in [0.25, 0.3) is 5.76 Å². The number of amides is 1. The molecule has 2 aromatic rings. The van der Waals surface area contributed by atoms with Crippen LogP contribution in [0.15, 0.2) is 54.1 Å². The van der Waals surface area contributed by atoms with Gasteiger partial charge in [0.15, 0.2) is 0 Å². The first-order valence-electron chi connectivity index (χ1n) is 9.30. The molecule has 1 heterocycles. The molecule has 152 valence electrons. The molecule has 0 saturated carbocycles. The van der Waals surface area contributed by atoms with Gasteiger partial charge in [0.2, 0.25) is 0 Å². The van der Waals surface area contributed by atoms with Crippen LogP contribution in [-0.2, 0) is 9.59 Å². The van der Waals surface area contributed by atoms with E-state index < -0.39 is 23.5 Å². The number of carbonyl (C=O) groups is 2. The molecule has 1 fully saturated rings. The highest BCUT2D eigenvalue weighted by Gasteiger charge is 2.46. The fraction of sp³-hybridized carbons (Fsp3) is 0.273. The number of ketones is 1. The zero-order valence-electron chi connectivity index (χ0n) is 16.6.